The van der Waals surface area contributed by atoms with E-state index in [-0.39, 0.29) is 34.2 Å². The van der Waals surface area contributed by atoms with Crippen LogP contribution >= 0.6 is 23.2 Å². The highest BCUT2D eigenvalue weighted by Gasteiger charge is 2.32. The van der Waals surface area contributed by atoms with E-state index in [0.717, 1.165) is 22.5 Å². The Bertz CT molecular complexity index is 1100. The maximum Gasteiger partial charge on any atom is 0.244 e. The maximum absolute atomic E-state index is 13.6. The van der Waals surface area contributed by atoms with Crippen molar-refractivity contribution in [2.45, 2.75) is 52.2 Å². The molecule has 186 valence electrons. The molecular formula is C24H31Cl2N3O4S. The number of nitrogens with one attached hydrogen (secondary N) is 1. The molecule has 0 spiro atoms. The van der Waals surface area contributed by atoms with Gasteiger partial charge < -0.3 is 10.2 Å². The molecule has 0 saturated heterocycles. The van der Waals surface area contributed by atoms with Gasteiger partial charge in [-0.15, -0.1) is 0 Å². The van der Waals surface area contributed by atoms with E-state index in [1.165, 1.54) is 23.1 Å². The van der Waals surface area contributed by atoms with Gasteiger partial charge in [0.2, 0.25) is 21.8 Å². The summed E-state index contributed by atoms with van der Waals surface area (Å²) in [4.78, 5) is 28.1. The molecule has 2 aromatic rings. The summed E-state index contributed by atoms with van der Waals surface area (Å²) < 4.78 is 26.2. The summed E-state index contributed by atoms with van der Waals surface area (Å²) in [5, 5.41) is 3.35. The number of hydrogen-bond acceptors (Lipinski definition) is 4. The summed E-state index contributed by atoms with van der Waals surface area (Å²) in [6, 6.07) is 12.8. The second-order valence-electron chi connectivity index (χ2n) is 8.11. The van der Waals surface area contributed by atoms with Gasteiger partial charge in [-0.25, -0.2) is 8.42 Å². The summed E-state index contributed by atoms with van der Waals surface area (Å²) in [5.74, 6) is -0.815. The van der Waals surface area contributed by atoms with Gasteiger partial charge in [0, 0.05) is 17.6 Å². The lowest BCUT2D eigenvalue weighted by Gasteiger charge is -2.33. The lowest BCUT2D eigenvalue weighted by molar-refractivity contribution is -0.140. The highest BCUT2D eigenvalue weighted by atomic mass is 35.5. The van der Waals surface area contributed by atoms with Crippen molar-refractivity contribution in [3.05, 3.63) is 64.1 Å². The third-order valence-electron chi connectivity index (χ3n) is 5.44. The molecule has 0 fully saturated rings. The molecule has 2 atom stereocenters. The molecule has 2 amide bonds. The van der Waals surface area contributed by atoms with E-state index in [4.69, 9.17) is 23.2 Å². The first kappa shape index (κ1) is 28.0. The van der Waals surface area contributed by atoms with Crippen molar-refractivity contribution in [2.75, 3.05) is 17.1 Å². The molecule has 2 rings (SSSR count). The van der Waals surface area contributed by atoms with Crippen LogP contribution in [0.4, 0.5) is 5.69 Å². The quantitative estimate of drug-likeness (QED) is 0.466. The van der Waals surface area contributed by atoms with Gasteiger partial charge in [-0.05, 0) is 43.5 Å². The van der Waals surface area contributed by atoms with E-state index in [2.05, 4.69) is 5.32 Å². The van der Waals surface area contributed by atoms with Crippen LogP contribution in [0.1, 0.15) is 39.2 Å². The number of amides is 2. The van der Waals surface area contributed by atoms with Crippen molar-refractivity contribution in [1.82, 2.24) is 10.2 Å². The fourth-order valence-corrected chi connectivity index (χ4v) is 4.70. The number of nitrogens with zero attached hydrogens (tertiary/aromatic N) is 2. The maximum atomic E-state index is 13.6. The summed E-state index contributed by atoms with van der Waals surface area (Å²) in [7, 11) is -3.89. The predicted octanol–water partition coefficient (Wildman–Crippen LogP) is 4.48. The number of anilines is 1. The van der Waals surface area contributed by atoms with Crippen LogP contribution in [0.15, 0.2) is 48.5 Å². The van der Waals surface area contributed by atoms with Crippen LogP contribution in [-0.2, 0) is 26.2 Å². The van der Waals surface area contributed by atoms with Gasteiger partial charge in [-0.3, -0.25) is 13.9 Å². The van der Waals surface area contributed by atoms with Gasteiger partial charge in [0.15, 0.2) is 0 Å². The third kappa shape index (κ3) is 7.61. The number of rotatable bonds is 11. The SMILES string of the molecule is CC[C@@H](C)NC(=O)[C@@H](CC)N(Cc1ccccc1)C(=O)CN(c1cc(Cl)ccc1Cl)S(C)(=O)=O. The molecule has 1 N–H and O–H groups in total. The molecule has 2 aromatic carbocycles. The predicted molar refractivity (Wildman–Crippen MR) is 138 cm³/mol. The van der Waals surface area contributed by atoms with Crippen LogP contribution in [-0.4, -0.2) is 50.0 Å². The summed E-state index contributed by atoms with van der Waals surface area (Å²) in [6.45, 7) is 5.28. The molecule has 0 radical (unpaired) electrons. The average molecular weight is 529 g/mol. The van der Waals surface area contributed by atoms with E-state index in [1.54, 1.807) is 0 Å². The highest BCUT2D eigenvalue weighted by molar-refractivity contribution is 7.92. The van der Waals surface area contributed by atoms with E-state index >= 15 is 0 Å². The van der Waals surface area contributed by atoms with Crippen molar-refractivity contribution < 1.29 is 18.0 Å². The van der Waals surface area contributed by atoms with Crippen molar-refractivity contribution in [3.63, 3.8) is 0 Å². The van der Waals surface area contributed by atoms with Gasteiger partial charge in [0.25, 0.3) is 0 Å². The Morgan fingerprint density at radius 1 is 1.03 bits per heavy atom. The fraction of sp³-hybridized carbons (Fsp3) is 0.417. The zero-order chi connectivity index (χ0) is 25.5. The second-order valence-corrected chi connectivity index (χ2v) is 10.9. The minimum Gasteiger partial charge on any atom is -0.352 e. The van der Waals surface area contributed by atoms with Gasteiger partial charge in [0.05, 0.1) is 17.0 Å². The molecule has 0 aliphatic heterocycles. The standard InChI is InChI=1S/C24H31Cl2N3O4S/c1-5-17(3)27-24(31)21(6-2)28(15-18-10-8-7-9-11-18)23(30)16-29(34(4,32)33)22-14-19(25)12-13-20(22)26/h7-14,17,21H,5-6,15-16H2,1-4H3,(H,27,31)/t17-,21-/m1/s1. The van der Waals surface area contributed by atoms with Crippen LogP contribution < -0.4 is 9.62 Å². The van der Waals surface area contributed by atoms with E-state index in [9.17, 15) is 18.0 Å². The van der Waals surface area contributed by atoms with Crippen molar-refractivity contribution >= 4 is 50.7 Å². The van der Waals surface area contributed by atoms with Gasteiger partial charge in [-0.1, -0.05) is 67.4 Å². The van der Waals surface area contributed by atoms with Crippen molar-refractivity contribution in [1.29, 1.82) is 0 Å². The molecule has 0 heterocycles. The van der Waals surface area contributed by atoms with Gasteiger partial charge in [-0.2, -0.15) is 0 Å². The zero-order valence-electron chi connectivity index (χ0n) is 19.8. The normalized spacial score (nSPS) is 13.1. The molecule has 7 nitrogen and oxygen atoms in total. The topological polar surface area (TPSA) is 86.8 Å². The molecule has 0 saturated carbocycles. The Balaban J connectivity index is 2.45. The second kappa shape index (κ2) is 12.4. The first-order valence-electron chi connectivity index (χ1n) is 11.0. The molecule has 0 unspecified atom stereocenters. The van der Waals surface area contributed by atoms with Crippen LogP contribution in [0.3, 0.4) is 0 Å². The van der Waals surface area contributed by atoms with E-state index in [0.29, 0.717) is 6.42 Å². The van der Waals surface area contributed by atoms with E-state index < -0.39 is 28.5 Å². The van der Waals surface area contributed by atoms with Gasteiger partial charge >= 0.3 is 0 Å². The summed E-state index contributed by atoms with van der Waals surface area (Å²) in [6.07, 6.45) is 2.09. The summed E-state index contributed by atoms with van der Waals surface area (Å²) in [5.41, 5.74) is 0.916. The molecule has 0 bridgehead atoms. The molecule has 34 heavy (non-hydrogen) atoms. The van der Waals surface area contributed by atoms with Crippen LogP contribution in [0, 0.1) is 0 Å². The molecule has 0 aromatic heterocycles. The molecular weight excluding hydrogens is 497 g/mol. The Labute approximate surface area is 212 Å². The molecule has 0 aliphatic rings. The zero-order valence-corrected chi connectivity index (χ0v) is 22.1. The molecule has 0 aliphatic carbocycles. The minimum absolute atomic E-state index is 0.0620. The fourth-order valence-electron chi connectivity index (χ4n) is 3.41. The Morgan fingerprint density at radius 2 is 1.68 bits per heavy atom. The van der Waals surface area contributed by atoms with Crippen LogP contribution in [0.5, 0.6) is 0 Å². The van der Waals surface area contributed by atoms with Crippen LogP contribution in [0.2, 0.25) is 10.0 Å². The smallest absolute Gasteiger partial charge is 0.244 e. The minimum atomic E-state index is -3.89. The number of carbonyl (C=O) groups excluding carboxylic acids is 2. The Kier molecular flexibility index (Phi) is 10.2. The lowest BCUT2D eigenvalue weighted by Crippen LogP contribution is -2.53. The Morgan fingerprint density at radius 3 is 2.24 bits per heavy atom. The van der Waals surface area contributed by atoms with Crippen LogP contribution in [0.25, 0.3) is 0 Å². The first-order chi connectivity index (χ1) is 16.0. The van der Waals surface area contributed by atoms with Gasteiger partial charge in [0.1, 0.15) is 12.6 Å². The lowest BCUT2D eigenvalue weighted by atomic mass is 10.1. The highest BCUT2D eigenvalue weighted by Crippen LogP contribution is 2.31. The van der Waals surface area contributed by atoms with Crippen molar-refractivity contribution in [2.24, 2.45) is 0 Å². The largest absolute Gasteiger partial charge is 0.352 e. The number of halogens is 2. The number of hydrogen-bond donors (Lipinski definition) is 1. The number of benzene rings is 2. The summed E-state index contributed by atoms with van der Waals surface area (Å²) >= 11 is 12.3. The van der Waals surface area contributed by atoms with Crippen molar-refractivity contribution in [3.8, 4) is 0 Å². The molecule has 10 heteroatoms. The Hall–Kier alpha value is -2.29. The number of sulfonamides is 1. The van der Waals surface area contributed by atoms with E-state index in [1.807, 2.05) is 51.1 Å². The monoisotopic (exact) mass is 527 g/mol. The number of carbonyl (C=O) groups is 2. The first-order valence-corrected chi connectivity index (χ1v) is 13.6. The average Bonchev–Trinajstić information content (AvgIpc) is 2.78. The third-order valence-corrected chi connectivity index (χ3v) is 7.12.